The molecule has 1 N–H and O–H groups in total. The first-order valence-corrected chi connectivity index (χ1v) is 6.71. The molecule has 0 aliphatic rings. The number of halogens is 1. The fraction of sp³-hybridized carbons (Fsp3) is 0.167. The smallest absolute Gasteiger partial charge is 0.308 e. The normalized spacial score (nSPS) is 10.3. The molecule has 0 aliphatic heterocycles. The Morgan fingerprint density at radius 1 is 1.56 bits per heavy atom. The molecule has 1 heterocycles. The molecule has 0 atom stereocenters. The number of carboxylic acid groups (broad SMARTS) is 1. The maximum Gasteiger partial charge on any atom is 0.308 e. The summed E-state index contributed by atoms with van der Waals surface area (Å²) in [7, 11) is 1.61. The van der Waals surface area contributed by atoms with Crippen molar-refractivity contribution in [1.29, 1.82) is 0 Å². The molecule has 0 fully saturated rings. The Morgan fingerprint density at radius 2 is 2.33 bits per heavy atom. The lowest BCUT2D eigenvalue weighted by atomic mass is 10.2. The lowest BCUT2D eigenvalue weighted by molar-refractivity contribution is -0.136. The number of thiazole rings is 1. The van der Waals surface area contributed by atoms with Gasteiger partial charge in [-0.05, 0) is 34.1 Å². The van der Waals surface area contributed by atoms with E-state index in [2.05, 4.69) is 20.9 Å². The second-order valence-electron chi connectivity index (χ2n) is 3.55. The predicted molar refractivity (Wildman–Crippen MR) is 73.1 cm³/mol. The van der Waals surface area contributed by atoms with Crippen molar-refractivity contribution in [2.24, 2.45) is 0 Å². The summed E-state index contributed by atoms with van der Waals surface area (Å²) in [5, 5.41) is 9.51. The zero-order valence-electron chi connectivity index (χ0n) is 9.51. The topological polar surface area (TPSA) is 59.4 Å². The molecule has 0 amide bonds. The number of hydrogen-bond acceptors (Lipinski definition) is 4. The summed E-state index contributed by atoms with van der Waals surface area (Å²) in [4.78, 5) is 15.6. The Bertz CT molecular complexity index is 582. The van der Waals surface area contributed by atoms with Crippen LogP contribution in [0.25, 0.3) is 10.6 Å². The fourth-order valence-corrected chi connectivity index (χ4v) is 2.91. The molecular formula is C12H10BrNO3S. The Labute approximate surface area is 116 Å². The molecule has 1 aromatic heterocycles. The monoisotopic (exact) mass is 327 g/mol. The molecule has 0 saturated carbocycles. The molecule has 0 aliphatic carbocycles. The van der Waals surface area contributed by atoms with Gasteiger partial charge in [0.1, 0.15) is 10.8 Å². The highest BCUT2D eigenvalue weighted by Gasteiger charge is 2.09. The Balaban J connectivity index is 2.28. The molecule has 0 spiro atoms. The summed E-state index contributed by atoms with van der Waals surface area (Å²) in [6, 6.07) is 5.65. The number of methoxy groups -OCH3 is 1. The fourth-order valence-electron chi connectivity index (χ4n) is 1.47. The highest BCUT2D eigenvalue weighted by molar-refractivity contribution is 9.10. The molecule has 2 rings (SSSR count). The average molecular weight is 328 g/mol. The van der Waals surface area contributed by atoms with Crippen LogP contribution in [0.5, 0.6) is 5.75 Å². The van der Waals surface area contributed by atoms with Gasteiger partial charge >= 0.3 is 5.97 Å². The molecule has 0 saturated heterocycles. The number of aromatic nitrogens is 1. The largest absolute Gasteiger partial charge is 0.496 e. The Hall–Kier alpha value is -1.40. The first-order chi connectivity index (χ1) is 8.60. The predicted octanol–water partition coefficient (Wildman–Crippen LogP) is 3.21. The second kappa shape index (κ2) is 5.49. The van der Waals surface area contributed by atoms with E-state index in [1.807, 2.05) is 18.2 Å². The van der Waals surface area contributed by atoms with Crippen LogP contribution in [0.4, 0.5) is 0 Å². The number of rotatable bonds is 4. The van der Waals surface area contributed by atoms with Crippen molar-refractivity contribution in [2.45, 2.75) is 6.42 Å². The van der Waals surface area contributed by atoms with Crippen LogP contribution in [0.15, 0.2) is 28.9 Å². The summed E-state index contributed by atoms with van der Waals surface area (Å²) < 4.78 is 6.00. The van der Waals surface area contributed by atoms with Crippen LogP contribution in [0.2, 0.25) is 0 Å². The first kappa shape index (κ1) is 13.0. The molecule has 2 aromatic rings. The second-order valence-corrected chi connectivity index (χ2v) is 5.52. The minimum absolute atomic E-state index is 0.00892. The zero-order valence-corrected chi connectivity index (χ0v) is 11.9. The van der Waals surface area contributed by atoms with Gasteiger partial charge in [-0.1, -0.05) is 0 Å². The van der Waals surface area contributed by atoms with Gasteiger partial charge in [0.15, 0.2) is 0 Å². The lowest BCUT2D eigenvalue weighted by Gasteiger charge is -2.04. The number of ether oxygens (including phenoxy) is 1. The van der Waals surface area contributed by atoms with Crippen molar-refractivity contribution >= 4 is 33.2 Å². The van der Waals surface area contributed by atoms with Gasteiger partial charge in [-0.3, -0.25) is 4.79 Å². The molecule has 6 heteroatoms. The number of benzene rings is 1. The highest BCUT2D eigenvalue weighted by atomic mass is 79.9. The van der Waals surface area contributed by atoms with Gasteiger partial charge in [0.2, 0.25) is 0 Å². The van der Waals surface area contributed by atoms with Gasteiger partial charge in [0.05, 0.1) is 18.0 Å². The maximum atomic E-state index is 10.6. The van der Waals surface area contributed by atoms with Gasteiger partial charge in [0.25, 0.3) is 0 Å². The van der Waals surface area contributed by atoms with Crippen LogP contribution in [0, 0.1) is 0 Å². The van der Waals surface area contributed by atoms with E-state index in [1.165, 1.54) is 11.3 Å². The van der Waals surface area contributed by atoms with Crippen molar-refractivity contribution in [2.75, 3.05) is 7.11 Å². The molecule has 0 bridgehead atoms. The van der Waals surface area contributed by atoms with E-state index in [4.69, 9.17) is 9.84 Å². The third-order valence-corrected chi connectivity index (χ3v) is 3.94. The number of carboxylic acids is 1. The molecular weight excluding hydrogens is 318 g/mol. The molecule has 94 valence electrons. The number of carbonyl (C=O) groups is 1. The minimum atomic E-state index is -0.846. The third kappa shape index (κ3) is 2.88. The van der Waals surface area contributed by atoms with Crippen LogP contribution in [0.1, 0.15) is 4.88 Å². The summed E-state index contributed by atoms with van der Waals surface area (Å²) in [5.74, 6) is -0.0952. The van der Waals surface area contributed by atoms with E-state index in [9.17, 15) is 4.79 Å². The number of nitrogens with zero attached hydrogens (tertiary/aromatic N) is 1. The van der Waals surface area contributed by atoms with Crippen molar-refractivity contribution in [3.63, 3.8) is 0 Å². The quantitative estimate of drug-likeness (QED) is 0.936. The number of aliphatic carboxylic acids is 1. The van der Waals surface area contributed by atoms with Crippen LogP contribution >= 0.6 is 27.3 Å². The van der Waals surface area contributed by atoms with Crippen molar-refractivity contribution < 1.29 is 14.6 Å². The van der Waals surface area contributed by atoms with Gasteiger partial charge in [-0.15, -0.1) is 11.3 Å². The average Bonchev–Trinajstić information content (AvgIpc) is 2.76. The molecule has 0 radical (unpaired) electrons. The van der Waals surface area contributed by atoms with Crippen molar-refractivity contribution in [1.82, 2.24) is 4.98 Å². The van der Waals surface area contributed by atoms with Gasteiger partial charge in [-0.25, -0.2) is 4.98 Å². The maximum absolute atomic E-state index is 10.6. The zero-order chi connectivity index (χ0) is 13.1. The number of hydrogen-bond donors (Lipinski definition) is 1. The standard InChI is InChI=1S/C12H10BrNO3S/c1-17-10-3-2-7(4-9(10)13)12-14-6-8(18-12)5-11(15)16/h2-4,6H,5H2,1H3,(H,15,16). The summed E-state index contributed by atoms with van der Waals surface area (Å²) in [6.45, 7) is 0. The lowest BCUT2D eigenvalue weighted by Crippen LogP contribution is -1.97. The van der Waals surface area contributed by atoms with Crippen LogP contribution in [-0.4, -0.2) is 23.2 Å². The van der Waals surface area contributed by atoms with Crippen molar-refractivity contribution in [3.05, 3.63) is 33.7 Å². The molecule has 4 nitrogen and oxygen atoms in total. The van der Waals surface area contributed by atoms with Crippen LogP contribution in [0.3, 0.4) is 0 Å². The molecule has 0 unspecified atom stereocenters. The van der Waals surface area contributed by atoms with E-state index in [-0.39, 0.29) is 6.42 Å². The first-order valence-electron chi connectivity index (χ1n) is 5.10. The highest BCUT2D eigenvalue weighted by Crippen LogP contribution is 2.32. The van der Waals surface area contributed by atoms with E-state index in [0.717, 1.165) is 25.7 Å². The van der Waals surface area contributed by atoms with E-state index in [0.29, 0.717) is 0 Å². The van der Waals surface area contributed by atoms with Crippen LogP contribution in [-0.2, 0) is 11.2 Å². The van der Waals surface area contributed by atoms with Crippen LogP contribution < -0.4 is 4.74 Å². The summed E-state index contributed by atoms with van der Waals surface area (Å²) in [6.07, 6.45) is 1.61. The van der Waals surface area contributed by atoms with Gasteiger partial charge in [-0.2, -0.15) is 0 Å². The SMILES string of the molecule is COc1ccc(-c2ncc(CC(=O)O)s2)cc1Br. The summed E-state index contributed by atoms with van der Waals surface area (Å²) in [5.41, 5.74) is 0.935. The van der Waals surface area contributed by atoms with Crippen molar-refractivity contribution in [3.8, 4) is 16.3 Å². The van der Waals surface area contributed by atoms with E-state index < -0.39 is 5.97 Å². The Morgan fingerprint density at radius 3 is 2.94 bits per heavy atom. The molecule has 1 aromatic carbocycles. The minimum Gasteiger partial charge on any atom is -0.496 e. The van der Waals surface area contributed by atoms with E-state index >= 15 is 0 Å². The Kier molecular flexibility index (Phi) is 3.98. The molecule has 18 heavy (non-hydrogen) atoms. The third-order valence-electron chi connectivity index (χ3n) is 2.28. The van der Waals surface area contributed by atoms with Gasteiger partial charge < -0.3 is 9.84 Å². The summed E-state index contributed by atoms with van der Waals surface area (Å²) >= 11 is 4.79. The van der Waals surface area contributed by atoms with E-state index in [1.54, 1.807) is 13.3 Å². The van der Waals surface area contributed by atoms with Gasteiger partial charge in [0, 0.05) is 16.6 Å².